The first-order chi connectivity index (χ1) is 9.69. The fraction of sp³-hybridized carbons (Fsp3) is 0.647. The van der Waals surface area contributed by atoms with E-state index < -0.39 is 0 Å². The number of hydrogen-bond donors (Lipinski definition) is 1. The summed E-state index contributed by atoms with van der Waals surface area (Å²) >= 11 is 0. The highest BCUT2D eigenvalue weighted by Crippen LogP contribution is 2.29. The average Bonchev–Trinajstić information content (AvgIpc) is 2.45. The minimum Gasteiger partial charge on any atom is -0.491 e. The van der Waals surface area contributed by atoms with Gasteiger partial charge >= 0.3 is 0 Å². The van der Waals surface area contributed by atoms with Crippen LogP contribution in [0, 0.1) is 0 Å². The molecule has 0 saturated carbocycles. The van der Waals surface area contributed by atoms with Crippen LogP contribution in [0.3, 0.4) is 0 Å². The van der Waals surface area contributed by atoms with Gasteiger partial charge in [-0.3, -0.25) is 0 Å². The van der Waals surface area contributed by atoms with Crippen molar-refractivity contribution in [2.75, 3.05) is 13.2 Å². The molecule has 0 spiro atoms. The summed E-state index contributed by atoms with van der Waals surface area (Å²) in [4.78, 5) is 0. The summed E-state index contributed by atoms with van der Waals surface area (Å²) in [6.45, 7) is 8.23. The second-order valence-electron chi connectivity index (χ2n) is 5.77. The van der Waals surface area contributed by atoms with Gasteiger partial charge in [0.1, 0.15) is 5.75 Å². The van der Waals surface area contributed by atoms with Crippen LogP contribution in [0.15, 0.2) is 24.3 Å². The normalized spacial score (nSPS) is 23.0. The molecule has 1 heterocycles. The van der Waals surface area contributed by atoms with Gasteiger partial charge in [0, 0.05) is 12.6 Å². The van der Waals surface area contributed by atoms with Crippen LogP contribution in [-0.2, 0) is 4.74 Å². The molecule has 3 nitrogen and oxygen atoms in total. The van der Waals surface area contributed by atoms with E-state index >= 15 is 0 Å². The van der Waals surface area contributed by atoms with Crippen molar-refractivity contribution in [2.45, 2.75) is 58.3 Å². The smallest absolute Gasteiger partial charge is 0.119 e. The standard InChI is InChI=1S/C17H27NO2/c1-4-10-18-15-9-11-19-17(12-15)14-5-7-16(8-6-14)20-13(2)3/h5-8,13,15,17-18H,4,9-12H2,1-3H3. The molecule has 0 aromatic heterocycles. The van der Waals surface area contributed by atoms with Gasteiger partial charge in [-0.1, -0.05) is 19.1 Å². The van der Waals surface area contributed by atoms with E-state index in [1.54, 1.807) is 0 Å². The van der Waals surface area contributed by atoms with Crippen molar-refractivity contribution in [1.29, 1.82) is 0 Å². The third-order valence-corrected chi connectivity index (χ3v) is 3.59. The fourth-order valence-electron chi connectivity index (χ4n) is 2.60. The predicted molar refractivity (Wildman–Crippen MR) is 82.2 cm³/mol. The van der Waals surface area contributed by atoms with Gasteiger partial charge in [-0.15, -0.1) is 0 Å². The Kier molecular flexibility index (Phi) is 5.86. The first kappa shape index (κ1) is 15.3. The van der Waals surface area contributed by atoms with E-state index in [1.807, 2.05) is 26.0 Å². The first-order valence-electron chi connectivity index (χ1n) is 7.80. The van der Waals surface area contributed by atoms with Gasteiger partial charge in [-0.05, 0) is 57.4 Å². The highest BCUT2D eigenvalue weighted by atomic mass is 16.5. The third-order valence-electron chi connectivity index (χ3n) is 3.59. The number of benzene rings is 1. The molecule has 1 fully saturated rings. The van der Waals surface area contributed by atoms with Crippen molar-refractivity contribution < 1.29 is 9.47 Å². The van der Waals surface area contributed by atoms with Crippen LogP contribution in [0.5, 0.6) is 5.75 Å². The molecule has 1 saturated heterocycles. The summed E-state index contributed by atoms with van der Waals surface area (Å²) in [7, 11) is 0. The zero-order chi connectivity index (χ0) is 14.4. The van der Waals surface area contributed by atoms with Gasteiger partial charge in [-0.25, -0.2) is 0 Å². The van der Waals surface area contributed by atoms with Crippen molar-refractivity contribution >= 4 is 0 Å². The van der Waals surface area contributed by atoms with Crippen molar-refractivity contribution in [3.05, 3.63) is 29.8 Å². The van der Waals surface area contributed by atoms with Crippen LogP contribution < -0.4 is 10.1 Å². The molecule has 20 heavy (non-hydrogen) atoms. The lowest BCUT2D eigenvalue weighted by Gasteiger charge is -2.30. The lowest BCUT2D eigenvalue weighted by Crippen LogP contribution is -2.36. The predicted octanol–water partition coefficient (Wildman–Crippen LogP) is 3.69. The quantitative estimate of drug-likeness (QED) is 0.860. The van der Waals surface area contributed by atoms with Gasteiger partial charge in [0.05, 0.1) is 12.2 Å². The fourth-order valence-corrected chi connectivity index (χ4v) is 2.60. The van der Waals surface area contributed by atoms with Crippen molar-refractivity contribution in [3.8, 4) is 5.75 Å². The van der Waals surface area contributed by atoms with E-state index in [4.69, 9.17) is 9.47 Å². The second-order valence-corrected chi connectivity index (χ2v) is 5.77. The summed E-state index contributed by atoms with van der Waals surface area (Å²) in [6, 6.07) is 8.93. The van der Waals surface area contributed by atoms with E-state index in [-0.39, 0.29) is 12.2 Å². The van der Waals surface area contributed by atoms with Crippen LogP contribution in [0.2, 0.25) is 0 Å². The SMILES string of the molecule is CCCNC1CCOC(c2ccc(OC(C)C)cc2)C1. The van der Waals surface area contributed by atoms with Gasteiger partial charge in [-0.2, -0.15) is 0 Å². The highest BCUT2D eigenvalue weighted by molar-refractivity contribution is 5.29. The van der Waals surface area contributed by atoms with Crippen LogP contribution in [-0.4, -0.2) is 25.3 Å². The Balaban J connectivity index is 1.93. The van der Waals surface area contributed by atoms with E-state index in [0.29, 0.717) is 6.04 Å². The number of hydrogen-bond acceptors (Lipinski definition) is 3. The summed E-state index contributed by atoms with van der Waals surface area (Å²) < 4.78 is 11.6. The number of rotatable bonds is 6. The van der Waals surface area contributed by atoms with Gasteiger partial charge in [0.2, 0.25) is 0 Å². The molecular formula is C17H27NO2. The van der Waals surface area contributed by atoms with E-state index in [2.05, 4.69) is 24.4 Å². The molecule has 2 rings (SSSR count). The van der Waals surface area contributed by atoms with Gasteiger partial charge < -0.3 is 14.8 Å². The number of ether oxygens (including phenoxy) is 2. The summed E-state index contributed by atoms with van der Waals surface area (Å²) in [5, 5.41) is 3.60. The maximum absolute atomic E-state index is 5.91. The zero-order valence-electron chi connectivity index (χ0n) is 12.9. The van der Waals surface area contributed by atoms with Crippen LogP contribution in [0.25, 0.3) is 0 Å². The Morgan fingerprint density at radius 3 is 2.70 bits per heavy atom. The molecule has 112 valence electrons. The van der Waals surface area contributed by atoms with Crippen molar-refractivity contribution in [3.63, 3.8) is 0 Å². The van der Waals surface area contributed by atoms with Gasteiger partial charge in [0.25, 0.3) is 0 Å². The minimum atomic E-state index is 0.214. The molecule has 2 unspecified atom stereocenters. The molecule has 0 bridgehead atoms. The zero-order valence-corrected chi connectivity index (χ0v) is 12.9. The average molecular weight is 277 g/mol. The van der Waals surface area contributed by atoms with Crippen molar-refractivity contribution in [1.82, 2.24) is 5.32 Å². The summed E-state index contributed by atoms with van der Waals surface area (Å²) in [5.74, 6) is 0.931. The monoisotopic (exact) mass is 277 g/mol. The molecule has 2 atom stereocenters. The summed E-state index contributed by atoms with van der Waals surface area (Å²) in [6.07, 6.45) is 3.79. The highest BCUT2D eigenvalue weighted by Gasteiger charge is 2.23. The molecule has 1 N–H and O–H groups in total. The molecule has 1 aromatic carbocycles. The van der Waals surface area contributed by atoms with Crippen LogP contribution in [0.4, 0.5) is 0 Å². The van der Waals surface area contributed by atoms with E-state index in [0.717, 1.165) is 31.7 Å². The lowest BCUT2D eigenvalue weighted by atomic mass is 9.97. The Morgan fingerprint density at radius 2 is 2.05 bits per heavy atom. The maximum atomic E-state index is 5.91. The molecule has 3 heteroatoms. The van der Waals surface area contributed by atoms with E-state index in [9.17, 15) is 0 Å². The number of nitrogens with one attached hydrogen (secondary N) is 1. The summed E-state index contributed by atoms with van der Waals surface area (Å²) in [5.41, 5.74) is 1.25. The molecular weight excluding hydrogens is 250 g/mol. The van der Waals surface area contributed by atoms with Crippen LogP contribution >= 0.6 is 0 Å². The Morgan fingerprint density at radius 1 is 1.30 bits per heavy atom. The minimum absolute atomic E-state index is 0.214. The second kappa shape index (κ2) is 7.65. The first-order valence-corrected chi connectivity index (χ1v) is 7.80. The molecule has 1 aliphatic heterocycles. The molecule has 1 aromatic rings. The van der Waals surface area contributed by atoms with Crippen molar-refractivity contribution in [2.24, 2.45) is 0 Å². The molecule has 1 aliphatic rings. The Bertz CT molecular complexity index is 388. The maximum Gasteiger partial charge on any atom is 0.119 e. The lowest BCUT2D eigenvalue weighted by molar-refractivity contribution is 0.000328. The molecule has 0 amide bonds. The van der Waals surface area contributed by atoms with E-state index in [1.165, 1.54) is 12.0 Å². The topological polar surface area (TPSA) is 30.5 Å². The van der Waals surface area contributed by atoms with Crippen LogP contribution in [0.1, 0.15) is 51.7 Å². The Labute approximate surface area is 122 Å². The molecule has 0 aliphatic carbocycles. The Hall–Kier alpha value is -1.06. The van der Waals surface area contributed by atoms with Gasteiger partial charge in [0.15, 0.2) is 0 Å². The largest absolute Gasteiger partial charge is 0.491 e. The molecule has 0 radical (unpaired) electrons. The third kappa shape index (κ3) is 4.50.